The molecule has 0 aliphatic heterocycles. The van der Waals surface area contributed by atoms with Gasteiger partial charge in [-0.3, -0.25) is 4.79 Å². The fourth-order valence-electron chi connectivity index (χ4n) is 1.03. The van der Waals surface area contributed by atoms with E-state index in [1.165, 1.54) is 0 Å². The van der Waals surface area contributed by atoms with E-state index in [9.17, 15) is 13.2 Å². The zero-order valence-electron chi connectivity index (χ0n) is 9.69. The molecule has 0 fully saturated rings. The summed E-state index contributed by atoms with van der Waals surface area (Å²) in [4.78, 5) is 10.5. The number of carboxylic acid groups (broad SMARTS) is 1. The summed E-state index contributed by atoms with van der Waals surface area (Å²) < 4.78 is 27.2. The van der Waals surface area contributed by atoms with Crippen LogP contribution in [0.25, 0.3) is 0 Å². The Balaban J connectivity index is 3.69. The zero-order chi connectivity index (χ0) is 12.6. The third-order valence-corrected chi connectivity index (χ3v) is 3.24. The second kappa shape index (κ2) is 7.59. The van der Waals surface area contributed by atoms with Gasteiger partial charge in [-0.1, -0.05) is 13.8 Å². The number of aliphatic carboxylic acids is 1. The zero-order valence-corrected chi connectivity index (χ0v) is 10.5. The van der Waals surface area contributed by atoms with Crippen LogP contribution < -0.4 is 9.44 Å². The molecule has 1 unspecified atom stereocenters. The Morgan fingerprint density at radius 1 is 1.31 bits per heavy atom. The molecule has 0 aliphatic rings. The quantitative estimate of drug-likeness (QED) is 0.515. The van der Waals surface area contributed by atoms with Gasteiger partial charge in [-0.2, -0.15) is 8.42 Å². The first-order valence-corrected chi connectivity index (χ1v) is 6.84. The molecule has 16 heavy (non-hydrogen) atoms. The second-order valence-corrected chi connectivity index (χ2v) is 5.26. The molecular formula is C9H20N2O4S. The molecule has 0 rings (SSSR count). The Hall–Kier alpha value is -0.660. The lowest BCUT2D eigenvalue weighted by Gasteiger charge is -2.08. The molecule has 7 heteroatoms. The highest BCUT2D eigenvalue weighted by molar-refractivity contribution is 7.87. The van der Waals surface area contributed by atoms with Gasteiger partial charge in [-0.25, -0.2) is 9.44 Å². The smallest absolute Gasteiger partial charge is 0.306 e. The third-order valence-electron chi connectivity index (χ3n) is 2.07. The third kappa shape index (κ3) is 7.61. The summed E-state index contributed by atoms with van der Waals surface area (Å²) in [5.41, 5.74) is 0. The summed E-state index contributed by atoms with van der Waals surface area (Å²) >= 11 is 0. The number of rotatable bonds is 9. The Morgan fingerprint density at radius 3 is 2.38 bits per heavy atom. The topological polar surface area (TPSA) is 95.5 Å². The molecule has 0 aliphatic carbocycles. The molecule has 6 nitrogen and oxygen atoms in total. The van der Waals surface area contributed by atoms with Crippen molar-refractivity contribution < 1.29 is 18.3 Å². The lowest BCUT2D eigenvalue weighted by atomic mass is 10.1. The first kappa shape index (κ1) is 15.3. The maximum atomic E-state index is 11.2. The van der Waals surface area contributed by atoms with E-state index in [-0.39, 0.29) is 6.54 Å². The van der Waals surface area contributed by atoms with Crippen molar-refractivity contribution in [3.63, 3.8) is 0 Å². The van der Waals surface area contributed by atoms with Crippen LogP contribution in [0.5, 0.6) is 0 Å². The van der Waals surface area contributed by atoms with Gasteiger partial charge < -0.3 is 5.11 Å². The van der Waals surface area contributed by atoms with Gasteiger partial charge in [0.2, 0.25) is 0 Å². The van der Waals surface area contributed by atoms with E-state index < -0.39 is 22.1 Å². The van der Waals surface area contributed by atoms with Crippen molar-refractivity contribution in [1.82, 2.24) is 9.44 Å². The van der Waals surface area contributed by atoms with Crippen molar-refractivity contribution in [2.24, 2.45) is 5.92 Å². The van der Waals surface area contributed by atoms with Gasteiger partial charge in [0.1, 0.15) is 0 Å². The molecule has 0 radical (unpaired) electrons. The largest absolute Gasteiger partial charge is 0.481 e. The standard InChI is InChI=1S/C9H20N2O4S/c1-3-6-10-16(14,15)11-7-4-5-8(2)9(12)13/h8,10-11H,3-7H2,1-2H3,(H,12,13). The first-order valence-electron chi connectivity index (χ1n) is 5.36. The van der Waals surface area contributed by atoms with E-state index >= 15 is 0 Å². The van der Waals surface area contributed by atoms with Gasteiger partial charge >= 0.3 is 5.97 Å². The van der Waals surface area contributed by atoms with E-state index in [4.69, 9.17) is 5.11 Å². The van der Waals surface area contributed by atoms with E-state index in [1.807, 2.05) is 6.92 Å². The van der Waals surface area contributed by atoms with Crippen LogP contribution in [0.1, 0.15) is 33.1 Å². The highest BCUT2D eigenvalue weighted by Gasteiger charge is 2.11. The monoisotopic (exact) mass is 252 g/mol. The number of hydrogen-bond acceptors (Lipinski definition) is 3. The molecule has 0 aromatic rings. The van der Waals surface area contributed by atoms with E-state index in [2.05, 4.69) is 9.44 Å². The number of nitrogens with one attached hydrogen (secondary N) is 2. The van der Waals surface area contributed by atoms with E-state index in [0.717, 1.165) is 6.42 Å². The van der Waals surface area contributed by atoms with Crippen LogP contribution in [-0.2, 0) is 15.0 Å². The van der Waals surface area contributed by atoms with Gasteiger partial charge in [-0.05, 0) is 19.3 Å². The van der Waals surface area contributed by atoms with Crippen molar-refractivity contribution in [3.05, 3.63) is 0 Å². The lowest BCUT2D eigenvalue weighted by Crippen LogP contribution is -2.37. The lowest BCUT2D eigenvalue weighted by molar-refractivity contribution is -0.141. The van der Waals surface area contributed by atoms with Crippen LogP contribution in [0.4, 0.5) is 0 Å². The average Bonchev–Trinajstić information content (AvgIpc) is 2.21. The fraction of sp³-hybridized carbons (Fsp3) is 0.889. The van der Waals surface area contributed by atoms with Gasteiger partial charge in [-0.15, -0.1) is 0 Å². The molecular weight excluding hydrogens is 232 g/mol. The second-order valence-electron chi connectivity index (χ2n) is 3.67. The minimum Gasteiger partial charge on any atom is -0.481 e. The molecule has 3 N–H and O–H groups in total. The van der Waals surface area contributed by atoms with Crippen molar-refractivity contribution in [1.29, 1.82) is 0 Å². The van der Waals surface area contributed by atoms with Gasteiger partial charge in [0.25, 0.3) is 10.2 Å². The molecule has 1 atom stereocenters. The van der Waals surface area contributed by atoms with Gasteiger partial charge in [0, 0.05) is 13.1 Å². The molecule has 0 aromatic heterocycles. The molecule has 0 saturated carbocycles. The molecule has 0 heterocycles. The van der Waals surface area contributed by atoms with Crippen LogP contribution in [0.15, 0.2) is 0 Å². The first-order chi connectivity index (χ1) is 7.39. The molecule has 0 saturated heterocycles. The highest BCUT2D eigenvalue weighted by Crippen LogP contribution is 2.04. The molecule has 0 bridgehead atoms. The average molecular weight is 252 g/mol. The number of carboxylic acids is 1. The van der Waals surface area contributed by atoms with Crippen LogP contribution in [0.3, 0.4) is 0 Å². The fourth-order valence-corrected chi connectivity index (χ4v) is 2.01. The maximum Gasteiger partial charge on any atom is 0.306 e. The van der Waals surface area contributed by atoms with Crippen LogP contribution in [0, 0.1) is 5.92 Å². The molecule has 0 amide bonds. The normalized spacial score (nSPS) is 13.6. The van der Waals surface area contributed by atoms with Crippen molar-refractivity contribution >= 4 is 16.2 Å². The predicted molar refractivity (Wildman–Crippen MR) is 61.3 cm³/mol. The summed E-state index contributed by atoms with van der Waals surface area (Å²) in [6.45, 7) is 4.14. The van der Waals surface area contributed by atoms with E-state index in [1.54, 1.807) is 6.92 Å². The van der Waals surface area contributed by atoms with E-state index in [0.29, 0.717) is 19.4 Å². The van der Waals surface area contributed by atoms with Crippen molar-refractivity contribution in [2.75, 3.05) is 13.1 Å². The van der Waals surface area contributed by atoms with Gasteiger partial charge in [0.05, 0.1) is 5.92 Å². The van der Waals surface area contributed by atoms with Crippen molar-refractivity contribution in [2.45, 2.75) is 33.1 Å². The Morgan fingerprint density at radius 2 is 1.88 bits per heavy atom. The maximum absolute atomic E-state index is 11.2. The molecule has 0 aromatic carbocycles. The van der Waals surface area contributed by atoms with Crippen LogP contribution in [0.2, 0.25) is 0 Å². The Kier molecular flexibility index (Phi) is 7.27. The molecule has 0 spiro atoms. The van der Waals surface area contributed by atoms with Gasteiger partial charge in [0.15, 0.2) is 0 Å². The van der Waals surface area contributed by atoms with Crippen LogP contribution >= 0.6 is 0 Å². The Labute approximate surface area is 96.6 Å². The summed E-state index contributed by atoms with van der Waals surface area (Å²) in [6.07, 6.45) is 1.71. The SMILES string of the molecule is CCCNS(=O)(=O)NCCCC(C)C(=O)O. The van der Waals surface area contributed by atoms with Crippen LogP contribution in [-0.4, -0.2) is 32.6 Å². The molecule has 96 valence electrons. The number of hydrogen-bond donors (Lipinski definition) is 3. The summed E-state index contributed by atoms with van der Waals surface area (Å²) in [5.74, 6) is -1.29. The summed E-state index contributed by atoms with van der Waals surface area (Å²) in [5, 5.41) is 8.61. The summed E-state index contributed by atoms with van der Waals surface area (Å²) in [7, 11) is -3.41. The van der Waals surface area contributed by atoms with Crippen molar-refractivity contribution in [3.8, 4) is 0 Å². The number of carbonyl (C=O) groups is 1. The predicted octanol–water partition coefficient (Wildman–Crippen LogP) is 0.321. The summed E-state index contributed by atoms with van der Waals surface area (Å²) in [6, 6.07) is 0. The minimum atomic E-state index is -3.41. The highest BCUT2D eigenvalue weighted by atomic mass is 32.2. The Bertz CT molecular complexity index is 303. The minimum absolute atomic E-state index is 0.261.